The van der Waals surface area contributed by atoms with Crippen molar-refractivity contribution in [3.05, 3.63) is 71.0 Å². The van der Waals surface area contributed by atoms with E-state index in [0.717, 1.165) is 24.0 Å². The Morgan fingerprint density at radius 3 is 2.65 bits per heavy atom. The molecule has 10 heteroatoms. The second kappa shape index (κ2) is 11.0. The zero-order chi connectivity index (χ0) is 30.5. The molecular formula is C33H37NO9. The number of ether oxygens (including phenoxy) is 3. The molecule has 0 radical (unpaired) electrons. The molecule has 4 N–H and O–H groups in total. The topological polar surface area (TPSA) is 152 Å². The first-order chi connectivity index (χ1) is 20.5. The van der Waals surface area contributed by atoms with E-state index in [1.165, 1.54) is 0 Å². The van der Waals surface area contributed by atoms with Gasteiger partial charge in [0.2, 0.25) is 0 Å². The molecule has 6 atom stereocenters. The number of carbonyl (C=O) groups is 3. The summed E-state index contributed by atoms with van der Waals surface area (Å²) in [6.07, 6.45) is 1.92. The summed E-state index contributed by atoms with van der Waals surface area (Å²) in [7, 11) is 0. The Hall–Kier alpha value is -3.89. The molecule has 43 heavy (non-hydrogen) atoms. The first kappa shape index (κ1) is 29.2. The van der Waals surface area contributed by atoms with Gasteiger partial charge in [0.15, 0.2) is 23.7 Å². The van der Waals surface area contributed by atoms with E-state index in [4.69, 9.17) is 14.2 Å². The normalized spacial score (nSPS) is 27.7. The predicted molar refractivity (Wildman–Crippen MR) is 153 cm³/mol. The number of phenolic OH excluding ortho intramolecular Hbond substituents is 1. The molecule has 3 aliphatic carbocycles. The molecular weight excluding hydrogens is 554 g/mol. The molecule has 1 heterocycles. The molecule has 6 rings (SSSR count). The average Bonchev–Trinajstić information content (AvgIpc) is 3.34. The lowest BCUT2D eigenvalue weighted by molar-refractivity contribution is -0.162. The number of phenols is 1. The lowest BCUT2D eigenvalue weighted by atomic mass is 9.47. The highest BCUT2D eigenvalue weighted by atomic mass is 16.6. The molecule has 2 aromatic rings. The van der Waals surface area contributed by atoms with Gasteiger partial charge in [-0.2, -0.15) is 0 Å². The Bertz CT molecular complexity index is 1470. The maximum Gasteiger partial charge on any atom is 0.329 e. The highest BCUT2D eigenvalue weighted by molar-refractivity contribution is 5.90. The lowest BCUT2D eigenvalue weighted by Crippen LogP contribution is -2.67. The van der Waals surface area contributed by atoms with Crippen molar-refractivity contribution in [2.45, 2.75) is 81.6 Å². The average molecular weight is 592 g/mol. The maximum absolute atomic E-state index is 13.4. The molecule has 1 saturated carbocycles. The van der Waals surface area contributed by atoms with Gasteiger partial charge in [0.1, 0.15) is 11.8 Å². The molecule has 2 aromatic carbocycles. The van der Waals surface area contributed by atoms with Gasteiger partial charge in [-0.3, -0.25) is 9.59 Å². The van der Waals surface area contributed by atoms with Gasteiger partial charge in [0.05, 0.1) is 24.0 Å². The van der Waals surface area contributed by atoms with Crippen molar-refractivity contribution in [3.63, 3.8) is 0 Å². The Balaban J connectivity index is 1.23. The van der Waals surface area contributed by atoms with Crippen LogP contribution in [0.25, 0.3) is 0 Å². The fraction of sp³-hybridized carbons (Fsp3) is 0.485. The van der Waals surface area contributed by atoms with E-state index in [2.05, 4.69) is 5.32 Å². The summed E-state index contributed by atoms with van der Waals surface area (Å²) in [4.78, 5) is 39.3. The summed E-state index contributed by atoms with van der Waals surface area (Å²) >= 11 is 0. The van der Waals surface area contributed by atoms with E-state index < -0.39 is 53.5 Å². The minimum Gasteiger partial charge on any atom is -0.504 e. The first-order valence-corrected chi connectivity index (χ1v) is 14.9. The van der Waals surface area contributed by atoms with E-state index >= 15 is 0 Å². The number of aromatic hydroxyl groups is 1. The van der Waals surface area contributed by atoms with Gasteiger partial charge in [0.25, 0.3) is 5.91 Å². The van der Waals surface area contributed by atoms with E-state index in [0.29, 0.717) is 24.2 Å². The summed E-state index contributed by atoms with van der Waals surface area (Å²) in [6, 6.07) is 10.3. The third-order valence-corrected chi connectivity index (χ3v) is 9.39. The number of esters is 2. The van der Waals surface area contributed by atoms with Gasteiger partial charge >= 0.3 is 11.9 Å². The summed E-state index contributed by atoms with van der Waals surface area (Å²) in [5.74, 6) is -2.02. The van der Waals surface area contributed by atoms with Gasteiger partial charge in [0, 0.05) is 5.56 Å². The zero-order valence-electron chi connectivity index (χ0n) is 24.2. The van der Waals surface area contributed by atoms with E-state index in [1.807, 2.05) is 19.9 Å². The van der Waals surface area contributed by atoms with Crippen LogP contribution in [0.3, 0.4) is 0 Å². The Kier molecular flexibility index (Phi) is 7.46. The maximum atomic E-state index is 13.4. The molecule has 0 unspecified atom stereocenters. The van der Waals surface area contributed by atoms with Crippen LogP contribution in [0.5, 0.6) is 11.5 Å². The monoisotopic (exact) mass is 591 g/mol. The summed E-state index contributed by atoms with van der Waals surface area (Å²) in [6.45, 7) is 3.79. The van der Waals surface area contributed by atoms with Gasteiger partial charge in [-0.1, -0.05) is 56.7 Å². The van der Waals surface area contributed by atoms with E-state index in [-0.39, 0.29) is 36.4 Å². The number of aliphatic hydroxyl groups is 2. The Morgan fingerprint density at radius 2 is 1.91 bits per heavy atom. The van der Waals surface area contributed by atoms with Crippen molar-refractivity contribution in [1.82, 2.24) is 5.32 Å². The van der Waals surface area contributed by atoms with Crippen LogP contribution in [-0.4, -0.2) is 57.5 Å². The zero-order valence-corrected chi connectivity index (χ0v) is 24.2. The van der Waals surface area contributed by atoms with Crippen molar-refractivity contribution < 1.29 is 43.9 Å². The number of hydrogen-bond donors (Lipinski definition) is 4. The second-order valence-corrected chi connectivity index (χ2v) is 12.5. The second-order valence-electron chi connectivity index (χ2n) is 12.5. The minimum atomic E-state index is -1.56. The molecule has 1 aliphatic heterocycles. The Morgan fingerprint density at radius 1 is 1.14 bits per heavy atom. The molecule has 10 nitrogen and oxygen atoms in total. The van der Waals surface area contributed by atoms with Crippen molar-refractivity contribution in [1.29, 1.82) is 0 Å². The Labute approximate surface area is 249 Å². The number of benzene rings is 2. The van der Waals surface area contributed by atoms with Crippen molar-refractivity contribution in [2.24, 2.45) is 11.8 Å². The van der Waals surface area contributed by atoms with Gasteiger partial charge in [-0.25, -0.2) is 4.79 Å². The van der Waals surface area contributed by atoms with Gasteiger partial charge < -0.3 is 34.8 Å². The van der Waals surface area contributed by atoms with Crippen LogP contribution in [0, 0.1) is 11.8 Å². The van der Waals surface area contributed by atoms with Crippen molar-refractivity contribution >= 4 is 17.8 Å². The predicted octanol–water partition coefficient (Wildman–Crippen LogP) is 3.12. The molecule has 1 fully saturated rings. The fourth-order valence-corrected chi connectivity index (χ4v) is 7.45. The van der Waals surface area contributed by atoms with Crippen LogP contribution in [0.2, 0.25) is 0 Å². The smallest absolute Gasteiger partial charge is 0.329 e. The number of hydrogen-bond acceptors (Lipinski definition) is 9. The third kappa shape index (κ3) is 4.77. The lowest BCUT2D eigenvalue weighted by Gasteiger charge is -2.59. The molecule has 0 saturated heterocycles. The molecule has 0 aromatic heterocycles. The molecule has 1 spiro atoms. The number of rotatable bonds is 9. The van der Waals surface area contributed by atoms with Crippen LogP contribution in [-0.2, 0) is 35.7 Å². The van der Waals surface area contributed by atoms with Crippen LogP contribution < -0.4 is 10.1 Å². The highest BCUT2D eigenvalue weighted by Gasteiger charge is 2.70. The van der Waals surface area contributed by atoms with Crippen LogP contribution in [0.1, 0.15) is 68.7 Å². The highest BCUT2D eigenvalue weighted by Crippen LogP contribution is 2.67. The summed E-state index contributed by atoms with van der Waals surface area (Å²) in [5.41, 5.74) is 0.128. The first-order valence-electron chi connectivity index (χ1n) is 14.9. The van der Waals surface area contributed by atoms with Crippen LogP contribution in [0.15, 0.2) is 54.3 Å². The summed E-state index contributed by atoms with van der Waals surface area (Å²) in [5, 5.41) is 35.8. The van der Waals surface area contributed by atoms with Crippen LogP contribution in [0.4, 0.5) is 0 Å². The summed E-state index contributed by atoms with van der Waals surface area (Å²) < 4.78 is 17.5. The van der Waals surface area contributed by atoms with E-state index in [9.17, 15) is 29.7 Å². The van der Waals surface area contributed by atoms with Gasteiger partial charge in [-0.05, 0) is 60.8 Å². The minimum absolute atomic E-state index is 0.00444. The molecule has 1 amide bonds. The van der Waals surface area contributed by atoms with Crippen molar-refractivity contribution in [3.8, 4) is 11.5 Å². The van der Waals surface area contributed by atoms with E-state index in [1.54, 1.807) is 42.5 Å². The quantitative estimate of drug-likeness (QED) is 0.323. The standard InChI is InChI=1S/C33H37NO9/c1-18(2)17-41-31(39)22(34-30(38)27(37)19-7-4-3-5-8-19)16-25(36)42-24-12-14-33(40)21-9-6-13-32(33)26-20(15-21)10-11-23(35)28(26)43-29(24)32/h3-5,7-8,10-12,18,21-22,27,29,35,37,40H,6,9,13-17H2,1-2H3,(H,34,38)/t21-,22+,27+,29+,32+,33-/m1/s1. The number of nitrogens with one attached hydrogen (secondary N) is 1. The van der Waals surface area contributed by atoms with Crippen LogP contribution >= 0.6 is 0 Å². The SMILES string of the molecule is CC(C)COC(=O)[C@H](CC(=O)OC1=CC[C@@]2(O)[C@@H]3CCC[C@@]24c2c(ccc(O)c2O[C@@H]14)C3)NC(=O)[C@@H](O)c1ccccc1. The third-order valence-electron chi connectivity index (χ3n) is 9.39. The number of aliphatic hydroxyl groups excluding tert-OH is 1. The number of carbonyl (C=O) groups excluding carboxylic acids is 3. The molecule has 2 bridgehead atoms. The van der Waals surface area contributed by atoms with Gasteiger partial charge in [-0.15, -0.1) is 0 Å². The number of amides is 1. The largest absolute Gasteiger partial charge is 0.504 e. The molecule has 4 aliphatic rings. The van der Waals surface area contributed by atoms with Crippen molar-refractivity contribution in [2.75, 3.05) is 6.61 Å². The fourth-order valence-electron chi connectivity index (χ4n) is 7.45. The molecule has 228 valence electrons.